The Hall–Kier alpha value is -4.79. The van der Waals surface area contributed by atoms with Crippen molar-refractivity contribution in [2.45, 2.75) is 25.3 Å². The molecule has 190 valence electrons. The van der Waals surface area contributed by atoms with Crippen LogP contribution in [-0.2, 0) is 6.54 Å². The van der Waals surface area contributed by atoms with Crippen molar-refractivity contribution < 1.29 is 9.59 Å². The molecule has 0 spiro atoms. The summed E-state index contributed by atoms with van der Waals surface area (Å²) in [6.07, 6.45) is 8.87. The number of piperidine rings is 1. The number of urea groups is 1. The molecular formula is C29H27N7O2. The van der Waals surface area contributed by atoms with Crippen LogP contribution in [0, 0.1) is 0 Å². The summed E-state index contributed by atoms with van der Waals surface area (Å²) in [6.45, 7) is 1.76. The number of carbonyl (C=O) groups is 2. The monoisotopic (exact) mass is 505 g/mol. The second-order valence-corrected chi connectivity index (χ2v) is 9.47. The lowest BCUT2D eigenvalue weighted by Crippen LogP contribution is -2.38. The van der Waals surface area contributed by atoms with Gasteiger partial charge in [0.2, 0.25) is 0 Å². The molecule has 1 fully saturated rings. The van der Waals surface area contributed by atoms with Crippen LogP contribution in [0.1, 0.15) is 40.4 Å². The van der Waals surface area contributed by atoms with Gasteiger partial charge in [-0.15, -0.1) is 0 Å². The van der Waals surface area contributed by atoms with Crippen LogP contribution in [-0.4, -0.2) is 49.3 Å². The Morgan fingerprint density at radius 3 is 2.53 bits per heavy atom. The molecule has 2 N–H and O–H groups in total. The minimum absolute atomic E-state index is 0.0723. The van der Waals surface area contributed by atoms with Crippen LogP contribution in [0.2, 0.25) is 0 Å². The number of anilines is 1. The summed E-state index contributed by atoms with van der Waals surface area (Å²) in [5.41, 5.74) is 5.67. The van der Waals surface area contributed by atoms with Gasteiger partial charge in [0, 0.05) is 43.9 Å². The van der Waals surface area contributed by atoms with E-state index in [0.29, 0.717) is 31.2 Å². The predicted octanol–water partition coefficient (Wildman–Crippen LogP) is 4.62. The topological polar surface area (TPSA) is 105 Å². The Bertz CT molecular complexity index is 1600. The highest BCUT2D eigenvalue weighted by Gasteiger charge is 2.25. The fourth-order valence-corrected chi connectivity index (χ4v) is 4.90. The fraction of sp³-hybridized carbons (Fsp3) is 0.207. The molecule has 2 aromatic carbocycles. The summed E-state index contributed by atoms with van der Waals surface area (Å²) >= 11 is 0. The molecule has 3 aromatic heterocycles. The van der Waals surface area contributed by atoms with Crippen LogP contribution in [0.15, 0.2) is 85.5 Å². The zero-order valence-corrected chi connectivity index (χ0v) is 20.7. The Labute approximate surface area is 219 Å². The molecule has 9 heteroatoms. The van der Waals surface area contributed by atoms with Gasteiger partial charge in [-0.25, -0.2) is 14.8 Å². The van der Waals surface area contributed by atoms with Gasteiger partial charge in [0.25, 0.3) is 5.91 Å². The van der Waals surface area contributed by atoms with E-state index in [1.807, 2.05) is 70.2 Å². The standard InChI is InChI=1S/C29H27N7O2/c37-28(26-19-31-24-3-1-2-4-25(24)34-26)36-14-10-22(11-15-36)21-5-7-23(8-6-21)33-29(38)32-18-20-9-13-35-16-12-30-27(35)17-20/h1-9,12-13,16-17,19,22H,10-11,14-15,18H2,(H2,32,33,38). The quantitative estimate of drug-likeness (QED) is 0.363. The van der Waals surface area contributed by atoms with Gasteiger partial charge >= 0.3 is 6.03 Å². The number of para-hydroxylation sites is 2. The highest BCUT2D eigenvalue weighted by molar-refractivity contribution is 5.94. The van der Waals surface area contributed by atoms with Crippen LogP contribution >= 0.6 is 0 Å². The van der Waals surface area contributed by atoms with Crippen molar-refractivity contribution in [1.82, 2.24) is 29.6 Å². The van der Waals surface area contributed by atoms with Crippen LogP contribution in [0.3, 0.4) is 0 Å². The molecule has 1 aliphatic heterocycles. The Balaban J connectivity index is 1.00. The molecule has 1 aliphatic rings. The average Bonchev–Trinajstić information content (AvgIpc) is 3.44. The lowest BCUT2D eigenvalue weighted by Gasteiger charge is -2.32. The van der Waals surface area contributed by atoms with Crippen LogP contribution in [0.25, 0.3) is 16.7 Å². The van der Waals surface area contributed by atoms with Crippen molar-refractivity contribution in [1.29, 1.82) is 0 Å². The lowest BCUT2D eigenvalue weighted by molar-refractivity contribution is 0.0707. The number of benzene rings is 2. The van der Waals surface area contributed by atoms with E-state index in [1.54, 1.807) is 12.4 Å². The maximum atomic E-state index is 13.0. The summed E-state index contributed by atoms with van der Waals surface area (Å²) in [6, 6.07) is 19.2. The number of rotatable bonds is 5. The van der Waals surface area contributed by atoms with E-state index >= 15 is 0 Å². The second-order valence-electron chi connectivity index (χ2n) is 9.47. The number of hydrogen-bond acceptors (Lipinski definition) is 5. The van der Waals surface area contributed by atoms with Gasteiger partial charge in [-0.2, -0.15) is 0 Å². The first-order valence-electron chi connectivity index (χ1n) is 12.7. The molecule has 0 aliphatic carbocycles. The van der Waals surface area contributed by atoms with E-state index in [-0.39, 0.29) is 11.9 Å². The second kappa shape index (κ2) is 10.3. The van der Waals surface area contributed by atoms with E-state index in [9.17, 15) is 9.59 Å². The number of likely N-dealkylation sites (tertiary alicyclic amines) is 1. The third kappa shape index (κ3) is 5.04. The normalized spacial score (nSPS) is 14.1. The molecule has 0 unspecified atom stereocenters. The highest BCUT2D eigenvalue weighted by Crippen LogP contribution is 2.29. The smallest absolute Gasteiger partial charge is 0.319 e. The number of hydrogen-bond donors (Lipinski definition) is 2. The maximum Gasteiger partial charge on any atom is 0.319 e. The molecular weight excluding hydrogens is 478 g/mol. The van der Waals surface area contributed by atoms with Gasteiger partial charge in [-0.1, -0.05) is 24.3 Å². The van der Waals surface area contributed by atoms with Gasteiger partial charge in [-0.05, 0) is 66.3 Å². The first-order chi connectivity index (χ1) is 18.6. The molecule has 0 bridgehead atoms. The molecule has 0 saturated carbocycles. The zero-order valence-electron chi connectivity index (χ0n) is 20.7. The average molecular weight is 506 g/mol. The first kappa shape index (κ1) is 23.6. The van der Waals surface area contributed by atoms with E-state index in [1.165, 1.54) is 5.56 Å². The first-order valence-corrected chi connectivity index (χ1v) is 12.7. The van der Waals surface area contributed by atoms with Crippen LogP contribution in [0.4, 0.5) is 10.5 Å². The minimum atomic E-state index is -0.260. The van der Waals surface area contributed by atoms with E-state index < -0.39 is 0 Å². The van der Waals surface area contributed by atoms with E-state index in [2.05, 4.69) is 37.7 Å². The van der Waals surface area contributed by atoms with Gasteiger partial charge in [-0.3, -0.25) is 9.78 Å². The molecule has 0 radical (unpaired) electrons. The number of nitrogens with zero attached hydrogens (tertiary/aromatic N) is 5. The fourth-order valence-electron chi connectivity index (χ4n) is 4.90. The van der Waals surface area contributed by atoms with Gasteiger partial charge in [0.05, 0.1) is 17.2 Å². The SMILES string of the molecule is O=C(NCc1ccn2ccnc2c1)Nc1ccc(C2CCN(C(=O)c3cnc4ccccc4n3)CC2)cc1. The third-order valence-electron chi connectivity index (χ3n) is 7.01. The minimum Gasteiger partial charge on any atom is -0.337 e. The highest BCUT2D eigenvalue weighted by atomic mass is 16.2. The van der Waals surface area contributed by atoms with Crippen molar-refractivity contribution in [3.05, 3.63) is 102 Å². The third-order valence-corrected chi connectivity index (χ3v) is 7.01. The van der Waals surface area contributed by atoms with Crippen molar-refractivity contribution in [3.63, 3.8) is 0 Å². The number of imidazole rings is 1. The van der Waals surface area contributed by atoms with Crippen molar-refractivity contribution >= 4 is 34.3 Å². The van der Waals surface area contributed by atoms with Crippen LogP contribution in [0.5, 0.6) is 0 Å². The molecule has 3 amide bonds. The van der Waals surface area contributed by atoms with Gasteiger partial charge in [0.15, 0.2) is 0 Å². The number of carbonyl (C=O) groups excluding carboxylic acids is 2. The molecule has 0 atom stereocenters. The number of nitrogens with one attached hydrogen (secondary N) is 2. The molecule has 5 aromatic rings. The Morgan fingerprint density at radius 1 is 0.921 bits per heavy atom. The van der Waals surface area contributed by atoms with Crippen molar-refractivity contribution in [2.24, 2.45) is 0 Å². The largest absolute Gasteiger partial charge is 0.337 e. The van der Waals surface area contributed by atoms with Gasteiger partial charge in [0.1, 0.15) is 11.3 Å². The summed E-state index contributed by atoms with van der Waals surface area (Å²) in [5.74, 6) is 0.291. The molecule has 1 saturated heterocycles. The summed E-state index contributed by atoms with van der Waals surface area (Å²) in [5, 5.41) is 5.78. The predicted molar refractivity (Wildman–Crippen MR) is 145 cm³/mol. The van der Waals surface area contributed by atoms with Crippen molar-refractivity contribution in [3.8, 4) is 0 Å². The van der Waals surface area contributed by atoms with E-state index in [4.69, 9.17) is 0 Å². The summed E-state index contributed by atoms with van der Waals surface area (Å²) < 4.78 is 1.92. The van der Waals surface area contributed by atoms with Gasteiger partial charge < -0.3 is 19.9 Å². The van der Waals surface area contributed by atoms with Crippen molar-refractivity contribution in [2.75, 3.05) is 18.4 Å². The number of pyridine rings is 1. The molecule has 6 rings (SSSR count). The Morgan fingerprint density at radius 2 is 1.71 bits per heavy atom. The zero-order chi connectivity index (χ0) is 25.9. The maximum absolute atomic E-state index is 13.0. The number of fused-ring (bicyclic) bond motifs is 2. The summed E-state index contributed by atoms with van der Waals surface area (Å²) in [7, 11) is 0. The lowest BCUT2D eigenvalue weighted by atomic mass is 9.89. The number of amides is 3. The molecule has 38 heavy (non-hydrogen) atoms. The summed E-state index contributed by atoms with van der Waals surface area (Å²) in [4.78, 5) is 40.4. The molecule has 4 heterocycles. The Kier molecular flexibility index (Phi) is 6.39. The number of aromatic nitrogens is 4. The van der Waals surface area contributed by atoms with Crippen LogP contribution < -0.4 is 10.6 Å². The molecule has 9 nitrogen and oxygen atoms in total. The van der Waals surface area contributed by atoms with E-state index in [0.717, 1.165) is 40.8 Å².